The molecule has 2 aromatic rings. The van der Waals surface area contributed by atoms with Gasteiger partial charge in [-0.15, -0.1) is 12.4 Å². The van der Waals surface area contributed by atoms with Gasteiger partial charge in [0.1, 0.15) is 0 Å². The number of carbonyl (C=O) groups excluding carboxylic acids is 2. The number of hydrogen-bond donors (Lipinski definition) is 2. The highest BCUT2D eigenvalue weighted by molar-refractivity contribution is 5.98. The third-order valence-electron chi connectivity index (χ3n) is 6.00. The lowest BCUT2D eigenvalue weighted by Gasteiger charge is -2.21. The van der Waals surface area contributed by atoms with E-state index < -0.39 is 0 Å². The molecule has 1 unspecified atom stereocenters. The third-order valence-corrected chi connectivity index (χ3v) is 6.00. The molecule has 34 heavy (non-hydrogen) atoms. The molecule has 0 bridgehead atoms. The van der Waals surface area contributed by atoms with E-state index in [1.807, 2.05) is 18.2 Å². The molecule has 0 radical (unpaired) electrons. The molecule has 2 atom stereocenters. The first-order chi connectivity index (χ1) is 16.0. The van der Waals surface area contributed by atoms with Crippen LogP contribution in [0.2, 0.25) is 0 Å². The maximum Gasteiger partial charge on any atom is 0.237 e. The van der Waals surface area contributed by atoms with Crippen molar-refractivity contribution in [3.8, 4) is 17.2 Å². The highest BCUT2D eigenvalue weighted by atomic mass is 35.5. The first-order valence-corrected chi connectivity index (χ1v) is 11.5. The van der Waals surface area contributed by atoms with Crippen LogP contribution >= 0.6 is 12.4 Å². The molecule has 0 aromatic heterocycles. The van der Waals surface area contributed by atoms with Gasteiger partial charge in [0.2, 0.25) is 11.7 Å². The fourth-order valence-electron chi connectivity index (χ4n) is 4.22. The van der Waals surface area contributed by atoms with Crippen LogP contribution in [0, 0.1) is 0 Å². The molecule has 1 aliphatic rings. The molecule has 1 amide bonds. The number of carbonyl (C=O) groups is 2. The number of rotatable bonds is 12. The van der Waals surface area contributed by atoms with Gasteiger partial charge in [-0.25, -0.2) is 0 Å². The van der Waals surface area contributed by atoms with E-state index in [4.69, 9.17) is 14.2 Å². The quantitative estimate of drug-likeness (QED) is 0.438. The monoisotopic (exact) mass is 490 g/mol. The van der Waals surface area contributed by atoms with E-state index in [9.17, 15) is 9.59 Å². The fraction of sp³-hybridized carbons (Fsp3) is 0.462. The molecular weight excluding hydrogens is 456 g/mol. The predicted molar refractivity (Wildman–Crippen MR) is 135 cm³/mol. The second kappa shape index (κ2) is 13.8. The topological polar surface area (TPSA) is 85.9 Å². The lowest BCUT2D eigenvalue weighted by molar-refractivity contribution is -0.123. The highest BCUT2D eigenvalue weighted by Gasteiger charge is 2.26. The van der Waals surface area contributed by atoms with Crippen molar-refractivity contribution in [2.45, 2.75) is 50.6 Å². The number of ether oxygens (including phenoxy) is 3. The van der Waals surface area contributed by atoms with E-state index in [-0.39, 0.29) is 42.6 Å². The van der Waals surface area contributed by atoms with Crippen LogP contribution in [-0.4, -0.2) is 51.6 Å². The number of halogens is 1. The minimum atomic E-state index is -0.254. The molecule has 0 spiro atoms. The largest absolute Gasteiger partial charge is 0.493 e. The SMILES string of the molecule is COc1cc(C(=O)CC(CCCc2ccccc2)NC(=O)[C@@H]2CCCN2)cc(OC)c1OC.Cl. The van der Waals surface area contributed by atoms with Crippen LogP contribution in [0.15, 0.2) is 42.5 Å². The van der Waals surface area contributed by atoms with Gasteiger partial charge in [-0.05, 0) is 56.3 Å². The number of amides is 1. The Labute approximate surface area is 208 Å². The molecule has 8 heteroatoms. The predicted octanol–water partition coefficient (Wildman–Crippen LogP) is 3.97. The van der Waals surface area contributed by atoms with Crippen LogP contribution in [0.4, 0.5) is 0 Å². The van der Waals surface area contributed by atoms with Gasteiger partial charge in [0.05, 0.1) is 27.4 Å². The van der Waals surface area contributed by atoms with E-state index in [2.05, 4.69) is 22.8 Å². The molecule has 2 N–H and O–H groups in total. The summed E-state index contributed by atoms with van der Waals surface area (Å²) in [5.41, 5.74) is 1.71. The van der Waals surface area contributed by atoms with E-state index >= 15 is 0 Å². The summed E-state index contributed by atoms with van der Waals surface area (Å²) in [5.74, 6) is 1.19. The molecule has 3 rings (SSSR count). The number of ketones is 1. The van der Waals surface area contributed by atoms with Gasteiger partial charge in [-0.2, -0.15) is 0 Å². The number of nitrogens with one attached hydrogen (secondary N) is 2. The second-order valence-corrected chi connectivity index (χ2v) is 8.27. The molecule has 2 aromatic carbocycles. The van der Waals surface area contributed by atoms with Gasteiger partial charge < -0.3 is 24.8 Å². The molecule has 186 valence electrons. The van der Waals surface area contributed by atoms with Gasteiger partial charge in [0, 0.05) is 18.0 Å². The first-order valence-electron chi connectivity index (χ1n) is 11.5. The van der Waals surface area contributed by atoms with Gasteiger partial charge >= 0.3 is 0 Å². The summed E-state index contributed by atoms with van der Waals surface area (Å²) in [5, 5.41) is 6.34. The number of benzene rings is 2. The average molecular weight is 491 g/mol. The van der Waals surface area contributed by atoms with E-state index in [1.165, 1.54) is 26.9 Å². The van der Waals surface area contributed by atoms with Crippen molar-refractivity contribution in [2.24, 2.45) is 0 Å². The van der Waals surface area contributed by atoms with Crippen LogP contribution < -0.4 is 24.8 Å². The van der Waals surface area contributed by atoms with E-state index in [0.29, 0.717) is 29.2 Å². The second-order valence-electron chi connectivity index (χ2n) is 8.27. The Morgan fingerprint density at radius 1 is 1.06 bits per heavy atom. The summed E-state index contributed by atoms with van der Waals surface area (Å²) in [7, 11) is 4.57. The summed E-state index contributed by atoms with van der Waals surface area (Å²) >= 11 is 0. The fourth-order valence-corrected chi connectivity index (χ4v) is 4.22. The van der Waals surface area contributed by atoms with Gasteiger partial charge in [-0.1, -0.05) is 30.3 Å². The molecule has 1 fully saturated rings. The lowest BCUT2D eigenvalue weighted by atomic mass is 9.97. The van der Waals surface area contributed by atoms with Crippen molar-refractivity contribution in [1.29, 1.82) is 0 Å². The van der Waals surface area contributed by atoms with Crippen molar-refractivity contribution >= 4 is 24.1 Å². The van der Waals surface area contributed by atoms with Crippen molar-refractivity contribution in [3.63, 3.8) is 0 Å². The zero-order valence-electron chi connectivity index (χ0n) is 20.1. The lowest BCUT2D eigenvalue weighted by Crippen LogP contribution is -2.45. The maximum atomic E-state index is 13.2. The minimum absolute atomic E-state index is 0. The molecule has 1 saturated heterocycles. The summed E-state index contributed by atoms with van der Waals surface area (Å²) in [6, 6.07) is 13.1. The number of methoxy groups -OCH3 is 3. The molecule has 0 saturated carbocycles. The smallest absolute Gasteiger partial charge is 0.237 e. The highest BCUT2D eigenvalue weighted by Crippen LogP contribution is 2.38. The zero-order chi connectivity index (χ0) is 23.6. The number of aryl methyl sites for hydroxylation is 1. The number of Topliss-reactive ketones (excluding diaryl/α,β-unsaturated/α-hetero) is 1. The van der Waals surface area contributed by atoms with Crippen LogP contribution in [0.3, 0.4) is 0 Å². The van der Waals surface area contributed by atoms with Gasteiger partial charge in [0.15, 0.2) is 17.3 Å². The van der Waals surface area contributed by atoms with Gasteiger partial charge in [0.25, 0.3) is 0 Å². The molecule has 1 aliphatic heterocycles. The Bertz CT molecular complexity index is 907. The van der Waals surface area contributed by atoms with Crippen molar-refractivity contribution in [3.05, 3.63) is 53.6 Å². The minimum Gasteiger partial charge on any atom is -0.493 e. The Morgan fingerprint density at radius 2 is 1.74 bits per heavy atom. The molecule has 1 heterocycles. The van der Waals surface area contributed by atoms with Crippen LogP contribution in [0.25, 0.3) is 0 Å². The van der Waals surface area contributed by atoms with Crippen molar-refractivity contribution in [1.82, 2.24) is 10.6 Å². The molecular formula is C26H35ClN2O5. The Hall–Kier alpha value is -2.77. The normalized spacial score (nSPS) is 15.7. The van der Waals surface area contributed by atoms with Crippen LogP contribution in [0.1, 0.15) is 48.0 Å². The zero-order valence-corrected chi connectivity index (χ0v) is 20.9. The van der Waals surface area contributed by atoms with Crippen LogP contribution in [0.5, 0.6) is 17.2 Å². The number of hydrogen-bond acceptors (Lipinski definition) is 6. The standard InChI is InChI=1S/C26H34N2O5.ClH/c1-31-23-15-19(16-24(32-2)25(23)33-3)22(29)17-20(28-26(30)21-13-8-14-27-21)12-7-11-18-9-5-4-6-10-18;/h4-6,9-10,15-16,20-21,27H,7-8,11-14,17H2,1-3H3,(H,28,30);1H/t20?,21-;/m0./s1. The summed E-state index contributed by atoms with van der Waals surface area (Å²) < 4.78 is 16.1. The third kappa shape index (κ3) is 7.37. The van der Waals surface area contributed by atoms with Gasteiger partial charge in [-0.3, -0.25) is 9.59 Å². The molecule has 0 aliphatic carbocycles. The summed E-state index contributed by atoms with van der Waals surface area (Å²) in [6.07, 6.45) is 4.49. The van der Waals surface area contributed by atoms with Crippen molar-refractivity contribution in [2.75, 3.05) is 27.9 Å². The first kappa shape index (κ1) is 27.5. The summed E-state index contributed by atoms with van der Waals surface area (Å²) in [4.78, 5) is 26.0. The summed E-state index contributed by atoms with van der Waals surface area (Å²) in [6.45, 7) is 0.848. The molecule has 7 nitrogen and oxygen atoms in total. The van der Waals surface area contributed by atoms with Crippen LogP contribution in [-0.2, 0) is 11.2 Å². The Balaban J connectivity index is 0.00000408. The maximum absolute atomic E-state index is 13.2. The average Bonchev–Trinajstić information content (AvgIpc) is 3.39. The van der Waals surface area contributed by atoms with E-state index in [1.54, 1.807) is 12.1 Å². The Kier molecular flexibility index (Phi) is 11.2. The van der Waals surface area contributed by atoms with E-state index in [0.717, 1.165) is 32.2 Å². The van der Waals surface area contributed by atoms with Crippen molar-refractivity contribution < 1.29 is 23.8 Å². The Morgan fingerprint density at radius 3 is 2.29 bits per heavy atom.